The summed E-state index contributed by atoms with van der Waals surface area (Å²) in [6.45, 7) is 1.98. The molecule has 2 aromatic rings. The molecule has 1 heterocycles. The van der Waals surface area contributed by atoms with E-state index < -0.39 is 6.10 Å². The lowest BCUT2D eigenvalue weighted by Gasteiger charge is -2.14. The fourth-order valence-electron chi connectivity index (χ4n) is 2.03. The first-order valence-electron chi connectivity index (χ1n) is 5.98. The summed E-state index contributed by atoms with van der Waals surface area (Å²) in [4.78, 5) is 4.25. The lowest BCUT2D eigenvalue weighted by atomic mass is 10.00. The van der Waals surface area contributed by atoms with E-state index in [9.17, 15) is 5.11 Å². The molecule has 0 aliphatic rings. The molecule has 96 valence electrons. The zero-order valence-corrected chi connectivity index (χ0v) is 11.4. The highest BCUT2D eigenvalue weighted by molar-refractivity contribution is 6.30. The second-order valence-electron chi connectivity index (χ2n) is 4.51. The van der Waals surface area contributed by atoms with E-state index in [2.05, 4.69) is 4.98 Å². The highest BCUT2D eigenvalue weighted by atomic mass is 35.5. The first-order valence-corrected chi connectivity index (χ1v) is 6.36. The Kier molecular flexibility index (Phi) is 4.04. The summed E-state index contributed by atoms with van der Waals surface area (Å²) in [5, 5.41) is 10.9. The smallest absolute Gasteiger partial charge is 0.108 e. The molecule has 0 saturated heterocycles. The Balaban J connectivity index is 2.06. The molecule has 1 atom stereocenters. The molecule has 18 heavy (non-hydrogen) atoms. The summed E-state index contributed by atoms with van der Waals surface area (Å²) in [7, 11) is 1.96. The molecule has 4 heteroatoms. The quantitative estimate of drug-likeness (QED) is 0.922. The molecule has 2 rings (SSSR count). The van der Waals surface area contributed by atoms with Crippen LogP contribution in [0.1, 0.15) is 29.5 Å². The predicted octanol–water partition coefficient (Wildman–Crippen LogP) is 3.05. The van der Waals surface area contributed by atoms with Gasteiger partial charge in [-0.1, -0.05) is 17.7 Å². The predicted molar refractivity (Wildman–Crippen MR) is 72.7 cm³/mol. The molecule has 3 nitrogen and oxygen atoms in total. The number of aryl methyl sites for hydroxylation is 3. The van der Waals surface area contributed by atoms with E-state index in [0.29, 0.717) is 11.4 Å². The summed E-state index contributed by atoms with van der Waals surface area (Å²) in [5.74, 6) is 0.980. The maximum absolute atomic E-state index is 10.2. The number of halogens is 1. The van der Waals surface area contributed by atoms with Gasteiger partial charge in [0.2, 0.25) is 0 Å². The van der Waals surface area contributed by atoms with Crippen LogP contribution in [0.5, 0.6) is 0 Å². The number of imidazole rings is 1. The number of hydrogen-bond acceptors (Lipinski definition) is 2. The van der Waals surface area contributed by atoms with Crippen LogP contribution in [0.2, 0.25) is 5.02 Å². The summed E-state index contributed by atoms with van der Waals surface area (Å²) in [6, 6.07) is 5.60. The molecule has 0 bridgehead atoms. The van der Waals surface area contributed by atoms with Crippen molar-refractivity contribution in [2.24, 2.45) is 7.05 Å². The third kappa shape index (κ3) is 2.92. The Morgan fingerprint density at radius 3 is 2.89 bits per heavy atom. The van der Waals surface area contributed by atoms with Crippen LogP contribution in [-0.2, 0) is 13.5 Å². The Morgan fingerprint density at radius 1 is 1.44 bits per heavy atom. The number of hydrogen-bond donors (Lipinski definition) is 1. The standard InChI is InChI=1S/C14H17ClN2O/c1-10-3-4-11(15)9-12(10)13(18)5-6-14-16-7-8-17(14)2/h3-4,7-9,13,18H,5-6H2,1-2H3. The third-order valence-corrected chi connectivity index (χ3v) is 3.40. The molecular formula is C14H17ClN2O. The molecule has 0 aliphatic heterocycles. The molecule has 0 spiro atoms. The first kappa shape index (κ1) is 13.1. The van der Waals surface area contributed by atoms with E-state index in [-0.39, 0.29) is 0 Å². The minimum absolute atomic E-state index is 0.500. The van der Waals surface area contributed by atoms with Gasteiger partial charge in [-0.05, 0) is 36.6 Å². The third-order valence-electron chi connectivity index (χ3n) is 3.16. The number of benzene rings is 1. The topological polar surface area (TPSA) is 38.1 Å². The zero-order valence-electron chi connectivity index (χ0n) is 10.6. The average Bonchev–Trinajstić information content (AvgIpc) is 2.75. The van der Waals surface area contributed by atoms with Crippen molar-refractivity contribution in [3.63, 3.8) is 0 Å². The van der Waals surface area contributed by atoms with Crippen molar-refractivity contribution in [3.8, 4) is 0 Å². The number of nitrogens with zero attached hydrogens (tertiary/aromatic N) is 2. The summed E-state index contributed by atoms with van der Waals surface area (Å²) in [5.41, 5.74) is 1.96. The van der Waals surface area contributed by atoms with Crippen LogP contribution in [-0.4, -0.2) is 14.7 Å². The average molecular weight is 265 g/mol. The minimum Gasteiger partial charge on any atom is -0.388 e. The SMILES string of the molecule is Cc1ccc(Cl)cc1C(O)CCc1nccn1C. The van der Waals surface area contributed by atoms with Gasteiger partial charge in [-0.3, -0.25) is 0 Å². The Hall–Kier alpha value is -1.32. The Labute approximate surface area is 112 Å². The molecule has 0 saturated carbocycles. The molecular weight excluding hydrogens is 248 g/mol. The molecule has 0 aliphatic carbocycles. The normalized spacial score (nSPS) is 12.7. The minimum atomic E-state index is -0.500. The number of aromatic nitrogens is 2. The van der Waals surface area contributed by atoms with Crippen molar-refractivity contribution in [1.82, 2.24) is 9.55 Å². The van der Waals surface area contributed by atoms with Crippen LogP contribution in [0.25, 0.3) is 0 Å². The number of aliphatic hydroxyl groups is 1. The second kappa shape index (κ2) is 5.55. The monoisotopic (exact) mass is 264 g/mol. The van der Waals surface area contributed by atoms with E-state index in [1.54, 1.807) is 6.20 Å². The zero-order chi connectivity index (χ0) is 13.1. The van der Waals surface area contributed by atoms with Gasteiger partial charge in [-0.25, -0.2) is 4.98 Å². The van der Waals surface area contributed by atoms with E-state index >= 15 is 0 Å². The van der Waals surface area contributed by atoms with Crippen LogP contribution in [0.15, 0.2) is 30.6 Å². The van der Waals surface area contributed by atoms with Crippen molar-refractivity contribution in [2.45, 2.75) is 25.9 Å². The Morgan fingerprint density at radius 2 is 2.22 bits per heavy atom. The molecule has 1 aromatic carbocycles. The fraction of sp³-hybridized carbons (Fsp3) is 0.357. The molecule has 1 unspecified atom stereocenters. The molecule has 0 radical (unpaired) electrons. The summed E-state index contributed by atoms with van der Waals surface area (Å²) < 4.78 is 1.97. The van der Waals surface area contributed by atoms with Gasteiger partial charge in [0.25, 0.3) is 0 Å². The lowest BCUT2D eigenvalue weighted by Crippen LogP contribution is -2.05. The summed E-state index contributed by atoms with van der Waals surface area (Å²) >= 11 is 5.96. The maximum atomic E-state index is 10.2. The van der Waals surface area contributed by atoms with Gasteiger partial charge in [0.1, 0.15) is 5.82 Å². The molecule has 1 aromatic heterocycles. The largest absolute Gasteiger partial charge is 0.388 e. The van der Waals surface area contributed by atoms with Gasteiger partial charge in [0.15, 0.2) is 0 Å². The number of aliphatic hydroxyl groups excluding tert-OH is 1. The number of rotatable bonds is 4. The van der Waals surface area contributed by atoms with E-state index in [0.717, 1.165) is 23.4 Å². The van der Waals surface area contributed by atoms with Crippen molar-refractivity contribution in [2.75, 3.05) is 0 Å². The lowest BCUT2D eigenvalue weighted by molar-refractivity contribution is 0.166. The van der Waals surface area contributed by atoms with Crippen LogP contribution in [0.4, 0.5) is 0 Å². The van der Waals surface area contributed by atoms with Gasteiger partial charge in [-0.15, -0.1) is 0 Å². The van der Waals surface area contributed by atoms with Crippen molar-refractivity contribution < 1.29 is 5.11 Å². The van der Waals surface area contributed by atoms with Crippen molar-refractivity contribution in [3.05, 3.63) is 52.6 Å². The van der Waals surface area contributed by atoms with Gasteiger partial charge < -0.3 is 9.67 Å². The fourth-order valence-corrected chi connectivity index (χ4v) is 2.21. The summed E-state index contributed by atoms with van der Waals surface area (Å²) in [6.07, 6.45) is 4.57. The van der Waals surface area contributed by atoms with Crippen LogP contribution in [0.3, 0.4) is 0 Å². The van der Waals surface area contributed by atoms with Crippen LogP contribution < -0.4 is 0 Å². The first-order chi connectivity index (χ1) is 8.58. The van der Waals surface area contributed by atoms with Gasteiger partial charge >= 0.3 is 0 Å². The van der Waals surface area contributed by atoms with Crippen LogP contribution >= 0.6 is 11.6 Å². The van der Waals surface area contributed by atoms with E-state index in [4.69, 9.17) is 11.6 Å². The molecule has 0 fully saturated rings. The molecule has 1 N–H and O–H groups in total. The van der Waals surface area contributed by atoms with Gasteiger partial charge in [0, 0.05) is 30.9 Å². The molecule has 0 amide bonds. The van der Waals surface area contributed by atoms with Gasteiger partial charge in [0.05, 0.1) is 6.10 Å². The Bertz CT molecular complexity index is 536. The van der Waals surface area contributed by atoms with Crippen molar-refractivity contribution >= 4 is 11.6 Å². The highest BCUT2D eigenvalue weighted by Gasteiger charge is 2.12. The van der Waals surface area contributed by atoms with E-state index in [1.807, 2.05) is 42.9 Å². The second-order valence-corrected chi connectivity index (χ2v) is 4.95. The van der Waals surface area contributed by atoms with Crippen molar-refractivity contribution in [1.29, 1.82) is 0 Å². The van der Waals surface area contributed by atoms with Crippen LogP contribution in [0, 0.1) is 6.92 Å². The van der Waals surface area contributed by atoms with Gasteiger partial charge in [-0.2, -0.15) is 0 Å². The van der Waals surface area contributed by atoms with E-state index in [1.165, 1.54) is 0 Å². The highest BCUT2D eigenvalue weighted by Crippen LogP contribution is 2.25. The maximum Gasteiger partial charge on any atom is 0.108 e.